The van der Waals surface area contributed by atoms with E-state index in [9.17, 15) is 19.7 Å². The van der Waals surface area contributed by atoms with Gasteiger partial charge >= 0.3 is 5.97 Å². The summed E-state index contributed by atoms with van der Waals surface area (Å²) in [7, 11) is 0. The number of nitrogens with one attached hydrogen (secondary N) is 1. The van der Waals surface area contributed by atoms with Crippen LogP contribution < -0.4 is 5.32 Å². The molecule has 2 rings (SSSR count). The zero-order valence-corrected chi connectivity index (χ0v) is 16.7. The lowest BCUT2D eigenvalue weighted by Gasteiger charge is -2.14. The van der Waals surface area contributed by atoms with E-state index in [1.807, 2.05) is 38.1 Å². The third-order valence-corrected chi connectivity index (χ3v) is 4.99. The normalized spacial score (nSPS) is 11.7. The fourth-order valence-electron chi connectivity index (χ4n) is 2.45. The lowest BCUT2D eigenvalue weighted by Crippen LogP contribution is -2.25. The molecule has 148 valence electrons. The van der Waals surface area contributed by atoms with Crippen molar-refractivity contribution in [1.82, 2.24) is 0 Å². The molecule has 0 radical (unpaired) electrons. The van der Waals surface area contributed by atoms with Gasteiger partial charge < -0.3 is 10.1 Å². The van der Waals surface area contributed by atoms with Crippen molar-refractivity contribution in [3.8, 4) is 0 Å². The lowest BCUT2D eigenvalue weighted by atomic mass is 10.0. The average Bonchev–Trinajstić information content (AvgIpc) is 2.66. The Labute approximate surface area is 167 Å². The molecule has 8 heteroatoms. The first-order valence-electron chi connectivity index (χ1n) is 8.74. The summed E-state index contributed by atoms with van der Waals surface area (Å²) in [5.41, 5.74) is 1.69. The van der Waals surface area contributed by atoms with Crippen LogP contribution in [0.1, 0.15) is 32.3 Å². The van der Waals surface area contributed by atoms with Gasteiger partial charge in [0.05, 0.1) is 4.92 Å². The molecular weight excluding hydrogens is 380 g/mol. The van der Waals surface area contributed by atoms with E-state index in [4.69, 9.17) is 4.74 Å². The zero-order valence-electron chi connectivity index (χ0n) is 15.9. The van der Waals surface area contributed by atoms with E-state index >= 15 is 0 Å². The maximum absolute atomic E-state index is 12.1. The summed E-state index contributed by atoms with van der Waals surface area (Å²) in [6.45, 7) is 5.33. The first kappa shape index (κ1) is 21.4. The fraction of sp³-hybridized carbons (Fsp3) is 0.300. The Morgan fingerprint density at radius 1 is 1.11 bits per heavy atom. The first-order chi connectivity index (χ1) is 13.3. The number of para-hydroxylation sites is 1. The van der Waals surface area contributed by atoms with Crippen LogP contribution in [0.5, 0.6) is 0 Å². The number of thioether (sulfide) groups is 1. The van der Waals surface area contributed by atoms with Crippen molar-refractivity contribution in [2.45, 2.75) is 36.8 Å². The minimum absolute atomic E-state index is 0.0158. The molecule has 0 saturated carbocycles. The molecule has 0 unspecified atom stereocenters. The minimum atomic E-state index is -0.558. The molecular formula is C20H22N2O5S. The number of hydrogen-bond donors (Lipinski definition) is 1. The maximum atomic E-state index is 12.1. The fourth-order valence-corrected chi connectivity index (χ4v) is 3.32. The first-order valence-corrected chi connectivity index (χ1v) is 9.62. The molecule has 0 aliphatic heterocycles. The summed E-state index contributed by atoms with van der Waals surface area (Å²) in [5, 5.41) is 12.9. The highest BCUT2D eigenvalue weighted by Crippen LogP contribution is 2.26. The van der Waals surface area contributed by atoms with E-state index in [1.165, 1.54) is 23.9 Å². The van der Waals surface area contributed by atoms with Gasteiger partial charge in [0.15, 0.2) is 6.61 Å². The number of amides is 1. The Bertz CT molecular complexity index is 852. The van der Waals surface area contributed by atoms with Crippen LogP contribution in [-0.4, -0.2) is 28.7 Å². The van der Waals surface area contributed by atoms with Crippen LogP contribution in [0.15, 0.2) is 53.4 Å². The Kier molecular flexibility index (Phi) is 7.57. The van der Waals surface area contributed by atoms with Gasteiger partial charge in [-0.15, -0.1) is 11.8 Å². The van der Waals surface area contributed by atoms with Crippen LogP contribution in [0.25, 0.3) is 0 Å². The highest BCUT2D eigenvalue weighted by molar-refractivity contribution is 8.00. The van der Waals surface area contributed by atoms with Crippen molar-refractivity contribution in [1.29, 1.82) is 0 Å². The monoisotopic (exact) mass is 402 g/mol. The predicted molar refractivity (Wildman–Crippen MR) is 109 cm³/mol. The van der Waals surface area contributed by atoms with Crippen LogP contribution in [0.4, 0.5) is 11.4 Å². The topological polar surface area (TPSA) is 98.5 Å². The van der Waals surface area contributed by atoms with Crippen molar-refractivity contribution < 1.29 is 19.2 Å². The van der Waals surface area contributed by atoms with Crippen LogP contribution in [-0.2, 0) is 14.3 Å². The summed E-state index contributed by atoms with van der Waals surface area (Å²) in [6.07, 6.45) is 0. The SMILES string of the molecule is CC(C)c1ccccc1NC(=O)COC(=O)[C@H](C)Sc1ccc([N+](=O)[O-])cc1. The molecule has 0 bridgehead atoms. The number of ether oxygens (including phenoxy) is 1. The molecule has 0 heterocycles. The van der Waals surface area contributed by atoms with Crippen LogP contribution in [0.3, 0.4) is 0 Å². The van der Waals surface area contributed by atoms with Crippen molar-refractivity contribution in [3.05, 3.63) is 64.2 Å². The molecule has 1 N–H and O–H groups in total. The number of carbonyl (C=O) groups excluding carboxylic acids is 2. The van der Waals surface area contributed by atoms with Crippen molar-refractivity contribution in [2.24, 2.45) is 0 Å². The summed E-state index contributed by atoms with van der Waals surface area (Å²) >= 11 is 1.21. The second kappa shape index (κ2) is 9.89. The van der Waals surface area contributed by atoms with E-state index < -0.39 is 22.0 Å². The third kappa shape index (κ3) is 6.09. The number of anilines is 1. The molecule has 0 aliphatic carbocycles. The molecule has 0 aliphatic rings. The van der Waals surface area contributed by atoms with Gasteiger partial charge in [-0.05, 0) is 36.6 Å². The van der Waals surface area contributed by atoms with Crippen LogP contribution in [0, 0.1) is 10.1 Å². The van der Waals surface area contributed by atoms with Gasteiger partial charge in [-0.2, -0.15) is 0 Å². The Hall–Kier alpha value is -2.87. The molecule has 2 aromatic rings. The minimum Gasteiger partial charge on any atom is -0.455 e. The van der Waals surface area contributed by atoms with Gasteiger partial charge in [0, 0.05) is 22.7 Å². The van der Waals surface area contributed by atoms with Crippen molar-refractivity contribution in [3.63, 3.8) is 0 Å². The van der Waals surface area contributed by atoms with Gasteiger partial charge in [0.25, 0.3) is 11.6 Å². The number of nitrogens with zero attached hydrogens (tertiary/aromatic N) is 1. The molecule has 2 aromatic carbocycles. The molecule has 1 atom stereocenters. The predicted octanol–water partition coefficient (Wildman–Crippen LogP) is 4.38. The quantitative estimate of drug-likeness (QED) is 0.304. The largest absolute Gasteiger partial charge is 0.455 e. The second-order valence-corrected chi connectivity index (χ2v) is 7.82. The molecule has 0 saturated heterocycles. The van der Waals surface area contributed by atoms with Crippen molar-refractivity contribution in [2.75, 3.05) is 11.9 Å². The molecule has 28 heavy (non-hydrogen) atoms. The Morgan fingerprint density at radius 2 is 1.75 bits per heavy atom. The van der Waals surface area contributed by atoms with Crippen LogP contribution in [0.2, 0.25) is 0 Å². The van der Waals surface area contributed by atoms with Gasteiger partial charge in [-0.3, -0.25) is 19.7 Å². The van der Waals surface area contributed by atoms with E-state index in [0.29, 0.717) is 10.6 Å². The third-order valence-electron chi connectivity index (χ3n) is 3.89. The number of non-ortho nitro benzene ring substituents is 1. The van der Waals surface area contributed by atoms with E-state index in [2.05, 4.69) is 5.32 Å². The lowest BCUT2D eigenvalue weighted by molar-refractivity contribution is -0.384. The van der Waals surface area contributed by atoms with E-state index in [1.54, 1.807) is 19.1 Å². The highest BCUT2D eigenvalue weighted by Gasteiger charge is 2.18. The van der Waals surface area contributed by atoms with Gasteiger partial charge in [0.2, 0.25) is 0 Å². The smallest absolute Gasteiger partial charge is 0.319 e. The maximum Gasteiger partial charge on any atom is 0.319 e. The molecule has 7 nitrogen and oxygen atoms in total. The Morgan fingerprint density at radius 3 is 2.36 bits per heavy atom. The average molecular weight is 402 g/mol. The number of carbonyl (C=O) groups is 2. The highest BCUT2D eigenvalue weighted by atomic mass is 32.2. The van der Waals surface area contributed by atoms with E-state index in [0.717, 1.165) is 5.56 Å². The molecule has 0 aromatic heterocycles. The second-order valence-electron chi connectivity index (χ2n) is 6.41. The summed E-state index contributed by atoms with van der Waals surface area (Å²) in [6, 6.07) is 13.4. The van der Waals surface area contributed by atoms with Crippen molar-refractivity contribution >= 4 is 35.0 Å². The summed E-state index contributed by atoms with van der Waals surface area (Å²) < 4.78 is 5.09. The van der Waals surface area contributed by atoms with Gasteiger partial charge in [-0.25, -0.2) is 0 Å². The zero-order chi connectivity index (χ0) is 20.7. The number of benzene rings is 2. The van der Waals surface area contributed by atoms with Crippen LogP contribution >= 0.6 is 11.8 Å². The summed E-state index contributed by atoms with van der Waals surface area (Å²) in [4.78, 5) is 35.1. The molecule has 0 spiro atoms. The molecule has 0 fully saturated rings. The number of nitro benzene ring substituents is 1. The number of nitro groups is 1. The van der Waals surface area contributed by atoms with Gasteiger partial charge in [-0.1, -0.05) is 32.0 Å². The number of hydrogen-bond acceptors (Lipinski definition) is 6. The van der Waals surface area contributed by atoms with E-state index in [-0.39, 0.29) is 18.2 Å². The molecule has 1 amide bonds. The standard InChI is InChI=1S/C20H22N2O5S/c1-13(2)17-6-4-5-7-18(17)21-19(23)12-27-20(24)14(3)28-16-10-8-15(9-11-16)22(25)26/h4-11,13-14H,12H2,1-3H3,(H,21,23)/t14-/m0/s1. The Balaban J connectivity index is 1.85. The summed E-state index contributed by atoms with van der Waals surface area (Å²) in [5.74, 6) is -0.693. The number of esters is 1. The van der Waals surface area contributed by atoms with Gasteiger partial charge in [0.1, 0.15) is 5.25 Å². The number of rotatable bonds is 8.